The Balaban J connectivity index is 2.22. The lowest BCUT2D eigenvalue weighted by atomic mass is 10.1. The molecule has 0 saturated carbocycles. The van der Waals surface area contributed by atoms with E-state index in [0.717, 1.165) is 0 Å². The zero-order chi connectivity index (χ0) is 14.5. The van der Waals surface area contributed by atoms with Gasteiger partial charge in [-0.25, -0.2) is 9.18 Å². The first-order valence-corrected chi connectivity index (χ1v) is 5.76. The molecule has 0 aliphatic heterocycles. The summed E-state index contributed by atoms with van der Waals surface area (Å²) in [4.78, 5) is 11.0. The minimum absolute atomic E-state index is 0.00402. The van der Waals surface area contributed by atoms with Crippen LogP contribution in [0.2, 0.25) is 0 Å². The number of carboxylic acids is 1. The number of nitriles is 1. The molecule has 20 heavy (non-hydrogen) atoms. The molecule has 0 bridgehead atoms. The minimum Gasteiger partial charge on any atom is -0.488 e. The number of hydrogen-bond donors (Lipinski definition) is 1. The zero-order valence-electron chi connectivity index (χ0n) is 10.3. The van der Waals surface area contributed by atoms with Crippen LogP contribution in [0.4, 0.5) is 4.39 Å². The van der Waals surface area contributed by atoms with Gasteiger partial charge in [-0.2, -0.15) is 5.26 Å². The van der Waals surface area contributed by atoms with Crippen LogP contribution in [0.15, 0.2) is 42.5 Å². The van der Waals surface area contributed by atoms with Gasteiger partial charge >= 0.3 is 5.97 Å². The summed E-state index contributed by atoms with van der Waals surface area (Å²) in [5.41, 5.74) is 0.131. The highest BCUT2D eigenvalue weighted by molar-refractivity contribution is 5.90. The molecule has 0 unspecified atom stereocenters. The van der Waals surface area contributed by atoms with E-state index in [4.69, 9.17) is 15.1 Å². The van der Waals surface area contributed by atoms with Gasteiger partial charge in [0.15, 0.2) is 0 Å². The molecule has 2 rings (SSSR count). The molecule has 0 fully saturated rings. The highest BCUT2D eigenvalue weighted by Gasteiger charge is 2.12. The lowest BCUT2D eigenvalue weighted by Gasteiger charge is -2.09. The van der Waals surface area contributed by atoms with Gasteiger partial charge in [-0.1, -0.05) is 24.3 Å². The van der Waals surface area contributed by atoms with Crippen LogP contribution in [0.3, 0.4) is 0 Å². The maximum absolute atomic E-state index is 13.8. The molecule has 100 valence electrons. The van der Waals surface area contributed by atoms with Crippen LogP contribution in [0, 0.1) is 17.1 Å². The second-order valence-electron chi connectivity index (χ2n) is 3.98. The van der Waals surface area contributed by atoms with Gasteiger partial charge in [0, 0.05) is 5.56 Å². The highest BCUT2D eigenvalue weighted by Crippen LogP contribution is 2.20. The molecule has 4 nitrogen and oxygen atoms in total. The fourth-order valence-electron chi connectivity index (χ4n) is 1.70. The Hall–Kier alpha value is -2.87. The molecule has 2 aromatic rings. The van der Waals surface area contributed by atoms with Crippen LogP contribution in [0.25, 0.3) is 0 Å². The molecule has 0 radical (unpaired) electrons. The molecule has 0 heterocycles. The average Bonchev–Trinajstić information content (AvgIpc) is 2.46. The molecule has 0 atom stereocenters. The predicted octanol–water partition coefficient (Wildman–Crippen LogP) is 2.97. The number of halogens is 1. The van der Waals surface area contributed by atoms with Crippen molar-refractivity contribution in [3.63, 3.8) is 0 Å². The molecule has 2 aromatic carbocycles. The normalized spacial score (nSPS) is 9.80. The fourth-order valence-corrected chi connectivity index (χ4v) is 1.70. The van der Waals surface area contributed by atoms with Gasteiger partial charge in [0.25, 0.3) is 0 Å². The van der Waals surface area contributed by atoms with Gasteiger partial charge in [-0.05, 0) is 18.2 Å². The van der Waals surface area contributed by atoms with Crippen molar-refractivity contribution in [2.24, 2.45) is 0 Å². The molecule has 0 saturated heterocycles. The van der Waals surface area contributed by atoms with Gasteiger partial charge in [-0.15, -0.1) is 0 Å². The van der Waals surface area contributed by atoms with Gasteiger partial charge in [0.05, 0.1) is 5.56 Å². The van der Waals surface area contributed by atoms with Crippen molar-refractivity contribution in [3.8, 4) is 11.8 Å². The number of hydrogen-bond acceptors (Lipinski definition) is 3. The van der Waals surface area contributed by atoms with Gasteiger partial charge < -0.3 is 9.84 Å². The highest BCUT2D eigenvalue weighted by atomic mass is 19.1. The molecule has 0 aromatic heterocycles. The Morgan fingerprint density at radius 1 is 1.25 bits per heavy atom. The van der Waals surface area contributed by atoms with Gasteiger partial charge in [-0.3, -0.25) is 0 Å². The van der Waals surface area contributed by atoms with Crippen LogP contribution < -0.4 is 4.74 Å². The van der Waals surface area contributed by atoms with Gasteiger partial charge in [0.2, 0.25) is 0 Å². The van der Waals surface area contributed by atoms with E-state index in [1.54, 1.807) is 24.3 Å². The SMILES string of the molecule is N#Cc1cccc(COc2ccccc2C(=O)O)c1F. The lowest BCUT2D eigenvalue weighted by Crippen LogP contribution is -2.05. The van der Waals surface area contributed by atoms with E-state index in [1.807, 2.05) is 0 Å². The smallest absolute Gasteiger partial charge is 0.339 e. The number of rotatable bonds is 4. The van der Waals surface area contributed by atoms with Crippen molar-refractivity contribution < 1.29 is 19.0 Å². The Morgan fingerprint density at radius 2 is 2.00 bits per heavy atom. The number of para-hydroxylation sites is 1. The monoisotopic (exact) mass is 271 g/mol. The van der Waals surface area contributed by atoms with Crippen LogP contribution >= 0.6 is 0 Å². The summed E-state index contributed by atoms with van der Waals surface area (Å²) in [5, 5.41) is 17.7. The molecular formula is C15H10FNO3. The van der Waals surface area contributed by atoms with E-state index in [-0.39, 0.29) is 29.0 Å². The molecule has 5 heteroatoms. The third-order valence-corrected chi connectivity index (χ3v) is 2.70. The maximum atomic E-state index is 13.8. The molecule has 0 spiro atoms. The van der Waals surface area contributed by atoms with Crippen LogP contribution in [-0.4, -0.2) is 11.1 Å². The van der Waals surface area contributed by atoms with E-state index < -0.39 is 11.8 Å². The van der Waals surface area contributed by atoms with E-state index in [2.05, 4.69) is 0 Å². The van der Waals surface area contributed by atoms with Crippen molar-refractivity contribution in [2.75, 3.05) is 0 Å². The lowest BCUT2D eigenvalue weighted by molar-refractivity contribution is 0.0691. The first-order valence-electron chi connectivity index (χ1n) is 5.76. The number of carbonyl (C=O) groups is 1. The number of ether oxygens (including phenoxy) is 1. The Labute approximate surface area is 114 Å². The van der Waals surface area contributed by atoms with E-state index >= 15 is 0 Å². The molecular weight excluding hydrogens is 261 g/mol. The summed E-state index contributed by atoms with van der Waals surface area (Å²) in [7, 11) is 0. The van der Waals surface area contributed by atoms with Gasteiger partial charge in [0.1, 0.15) is 29.8 Å². The summed E-state index contributed by atoms with van der Waals surface area (Å²) < 4.78 is 19.2. The third-order valence-electron chi connectivity index (χ3n) is 2.70. The number of carboxylic acid groups (broad SMARTS) is 1. The summed E-state index contributed by atoms with van der Waals surface area (Å²) in [6.07, 6.45) is 0. The fraction of sp³-hybridized carbons (Fsp3) is 0.0667. The minimum atomic E-state index is -1.12. The Kier molecular flexibility index (Phi) is 3.96. The zero-order valence-corrected chi connectivity index (χ0v) is 10.3. The second-order valence-corrected chi connectivity index (χ2v) is 3.98. The molecule has 1 N–H and O–H groups in total. The Bertz CT molecular complexity index is 692. The maximum Gasteiger partial charge on any atom is 0.339 e. The van der Waals surface area contributed by atoms with Crippen LogP contribution in [0.1, 0.15) is 21.5 Å². The summed E-state index contributed by atoms with van der Waals surface area (Å²) in [6.45, 7) is -0.147. The van der Waals surface area contributed by atoms with Crippen molar-refractivity contribution in [1.29, 1.82) is 5.26 Å². The quantitative estimate of drug-likeness (QED) is 0.928. The topological polar surface area (TPSA) is 70.3 Å². The first kappa shape index (κ1) is 13.6. The molecule has 0 amide bonds. The van der Waals surface area contributed by atoms with Crippen molar-refractivity contribution in [3.05, 3.63) is 65.0 Å². The predicted molar refractivity (Wildman–Crippen MR) is 68.8 cm³/mol. The molecule has 0 aliphatic carbocycles. The summed E-state index contributed by atoms with van der Waals surface area (Å²) in [6, 6.07) is 12.2. The van der Waals surface area contributed by atoms with Crippen molar-refractivity contribution >= 4 is 5.97 Å². The summed E-state index contributed by atoms with van der Waals surface area (Å²) >= 11 is 0. The van der Waals surface area contributed by atoms with E-state index in [0.29, 0.717) is 0 Å². The van der Waals surface area contributed by atoms with E-state index in [9.17, 15) is 9.18 Å². The number of benzene rings is 2. The van der Waals surface area contributed by atoms with E-state index in [1.165, 1.54) is 24.3 Å². The molecule has 0 aliphatic rings. The van der Waals surface area contributed by atoms with Crippen molar-refractivity contribution in [1.82, 2.24) is 0 Å². The Morgan fingerprint density at radius 3 is 2.70 bits per heavy atom. The number of nitrogens with zero attached hydrogens (tertiary/aromatic N) is 1. The third kappa shape index (κ3) is 2.75. The largest absolute Gasteiger partial charge is 0.488 e. The average molecular weight is 271 g/mol. The number of aromatic carboxylic acids is 1. The van der Waals surface area contributed by atoms with Crippen molar-refractivity contribution in [2.45, 2.75) is 6.61 Å². The summed E-state index contributed by atoms with van der Waals surface area (Å²) in [5.74, 6) is -1.61. The second kappa shape index (κ2) is 5.85. The van der Waals surface area contributed by atoms with Crippen LogP contribution in [-0.2, 0) is 6.61 Å². The standard InChI is InChI=1S/C15H10FNO3/c16-14-10(8-17)4-3-5-11(14)9-20-13-7-2-1-6-12(13)15(18)19/h1-7H,9H2,(H,18,19). The first-order chi connectivity index (χ1) is 9.63. The van der Waals surface area contributed by atoms with Crippen LogP contribution in [0.5, 0.6) is 5.75 Å².